The van der Waals surface area contributed by atoms with Gasteiger partial charge >= 0.3 is 0 Å². The van der Waals surface area contributed by atoms with Gasteiger partial charge in [0.2, 0.25) is 0 Å². The molecule has 1 aromatic carbocycles. The minimum atomic E-state index is -0.127. The van der Waals surface area contributed by atoms with Gasteiger partial charge in [-0.1, -0.05) is 35.1 Å². The third-order valence-corrected chi connectivity index (χ3v) is 5.36. The Balaban J connectivity index is 1.86. The Morgan fingerprint density at radius 3 is 2.63 bits per heavy atom. The van der Waals surface area contributed by atoms with Crippen LogP contribution in [0, 0.1) is 20.8 Å². The van der Waals surface area contributed by atoms with Gasteiger partial charge in [0.05, 0.1) is 16.6 Å². The van der Waals surface area contributed by atoms with Gasteiger partial charge in [-0.2, -0.15) is 0 Å². The number of benzene rings is 1. The first kappa shape index (κ1) is 17.5. The number of para-hydroxylation sites is 1. The predicted octanol–water partition coefficient (Wildman–Crippen LogP) is 3.99. The molecule has 6 nitrogen and oxygen atoms in total. The highest BCUT2D eigenvalue weighted by Crippen LogP contribution is 2.26. The molecular weight excluding hydrogens is 360 g/mol. The van der Waals surface area contributed by atoms with E-state index in [4.69, 9.17) is 9.51 Å². The standard InChI is InChI=1S/C20H18N4O2S/c1-12-8-9-18(21-10-12)24-19(25)15-6-4-5-7-17(15)22-20(24)27-11-16-13(2)23-26-14(16)3/h4-10H,11H2,1-3H3. The van der Waals surface area contributed by atoms with Gasteiger partial charge in [-0.25, -0.2) is 14.5 Å². The molecule has 7 heteroatoms. The molecule has 0 spiro atoms. The Kier molecular flexibility index (Phi) is 4.53. The van der Waals surface area contributed by atoms with Crippen molar-refractivity contribution in [3.05, 3.63) is 75.5 Å². The van der Waals surface area contributed by atoms with Crippen molar-refractivity contribution < 1.29 is 4.52 Å². The van der Waals surface area contributed by atoms with Crippen LogP contribution in [0.2, 0.25) is 0 Å². The monoisotopic (exact) mass is 378 g/mol. The van der Waals surface area contributed by atoms with E-state index in [1.807, 2.05) is 51.1 Å². The third-order valence-electron chi connectivity index (χ3n) is 4.40. The van der Waals surface area contributed by atoms with Gasteiger partial charge in [0.15, 0.2) is 5.16 Å². The molecule has 0 radical (unpaired) electrons. The summed E-state index contributed by atoms with van der Waals surface area (Å²) < 4.78 is 6.82. The molecule has 0 bridgehead atoms. The Morgan fingerprint density at radius 1 is 1.11 bits per heavy atom. The van der Waals surface area contributed by atoms with Crippen LogP contribution in [0.15, 0.2) is 57.1 Å². The summed E-state index contributed by atoms with van der Waals surface area (Å²) in [5, 5.41) is 5.16. The van der Waals surface area contributed by atoms with Crippen molar-refractivity contribution in [1.29, 1.82) is 0 Å². The highest BCUT2D eigenvalue weighted by molar-refractivity contribution is 7.98. The smallest absolute Gasteiger partial charge is 0.267 e. The molecule has 4 rings (SSSR count). The number of aromatic nitrogens is 4. The lowest BCUT2D eigenvalue weighted by Gasteiger charge is -2.12. The summed E-state index contributed by atoms with van der Waals surface area (Å²) >= 11 is 1.47. The Morgan fingerprint density at radius 2 is 1.93 bits per heavy atom. The van der Waals surface area contributed by atoms with Gasteiger partial charge in [-0.3, -0.25) is 4.79 Å². The van der Waals surface area contributed by atoms with Crippen molar-refractivity contribution in [1.82, 2.24) is 19.7 Å². The van der Waals surface area contributed by atoms with Crippen molar-refractivity contribution in [3.8, 4) is 5.82 Å². The van der Waals surface area contributed by atoms with Crippen LogP contribution in [-0.2, 0) is 5.75 Å². The first-order valence-electron chi connectivity index (χ1n) is 8.54. The molecule has 0 unspecified atom stereocenters. The lowest BCUT2D eigenvalue weighted by molar-refractivity contribution is 0.392. The summed E-state index contributed by atoms with van der Waals surface area (Å²) in [7, 11) is 0. The summed E-state index contributed by atoms with van der Waals surface area (Å²) in [6.07, 6.45) is 1.75. The largest absolute Gasteiger partial charge is 0.361 e. The van der Waals surface area contributed by atoms with Crippen LogP contribution in [0.1, 0.15) is 22.6 Å². The van der Waals surface area contributed by atoms with Gasteiger partial charge in [0.25, 0.3) is 5.56 Å². The third kappa shape index (κ3) is 3.26. The maximum Gasteiger partial charge on any atom is 0.267 e. The molecule has 4 aromatic rings. The average molecular weight is 378 g/mol. The van der Waals surface area contributed by atoms with Crippen LogP contribution < -0.4 is 5.56 Å². The average Bonchev–Trinajstić information content (AvgIpc) is 2.99. The van der Waals surface area contributed by atoms with E-state index in [9.17, 15) is 4.79 Å². The van der Waals surface area contributed by atoms with E-state index >= 15 is 0 Å². The van der Waals surface area contributed by atoms with Crippen LogP contribution in [0.5, 0.6) is 0 Å². The number of fused-ring (bicyclic) bond motifs is 1. The first-order valence-corrected chi connectivity index (χ1v) is 9.52. The van der Waals surface area contributed by atoms with Crippen LogP contribution >= 0.6 is 11.8 Å². The van der Waals surface area contributed by atoms with E-state index in [0.29, 0.717) is 27.6 Å². The molecule has 0 fully saturated rings. The predicted molar refractivity (Wildman–Crippen MR) is 105 cm³/mol. The Labute approximate surface area is 160 Å². The summed E-state index contributed by atoms with van der Waals surface area (Å²) in [6.45, 7) is 5.76. The second-order valence-electron chi connectivity index (χ2n) is 6.34. The molecule has 0 saturated carbocycles. The van der Waals surface area contributed by atoms with E-state index in [2.05, 4.69) is 10.1 Å². The van der Waals surface area contributed by atoms with E-state index in [1.54, 1.807) is 16.8 Å². The molecule has 0 N–H and O–H groups in total. The van der Waals surface area contributed by atoms with E-state index in [1.165, 1.54) is 11.8 Å². The number of thioether (sulfide) groups is 1. The topological polar surface area (TPSA) is 73.8 Å². The van der Waals surface area contributed by atoms with Crippen molar-refractivity contribution in [2.75, 3.05) is 0 Å². The molecule has 136 valence electrons. The zero-order valence-corrected chi connectivity index (χ0v) is 16.1. The van der Waals surface area contributed by atoms with Crippen LogP contribution in [0.3, 0.4) is 0 Å². The maximum atomic E-state index is 13.2. The van der Waals surface area contributed by atoms with Gasteiger partial charge in [0.1, 0.15) is 11.6 Å². The molecule has 0 atom stereocenters. The fourth-order valence-electron chi connectivity index (χ4n) is 2.85. The molecule has 3 aromatic heterocycles. The van der Waals surface area contributed by atoms with E-state index in [0.717, 1.165) is 22.6 Å². The second kappa shape index (κ2) is 7.00. The molecular formula is C20H18N4O2S. The quantitative estimate of drug-likeness (QED) is 0.395. The van der Waals surface area contributed by atoms with Crippen LogP contribution in [0.4, 0.5) is 0 Å². The zero-order valence-electron chi connectivity index (χ0n) is 15.3. The summed E-state index contributed by atoms with van der Waals surface area (Å²) in [6, 6.07) is 11.1. The number of pyridine rings is 1. The number of hydrogen-bond donors (Lipinski definition) is 0. The van der Waals surface area contributed by atoms with Crippen molar-refractivity contribution >= 4 is 22.7 Å². The van der Waals surface area contributed by atoms with Crippen molar-refractivity contribution in [3.63, 3.8) is 0 Å². The fourth-order valence-corrected chi connectivity index (χ4v) is 4.00. The highest BCUT2D eigenvalue weighted by atomic mass is 32.2. The Bertz CT molecular complexity index is 1160. The molecule has 0 amide bonds. The van der Waals surface area contributed by atoms with E-state index < -0.39 is 0 Å². The van der Waals surface area contributed by atoms with Crippen LogP contribution in [0.25, 0.3) is 16.7 Å². The molecule has 0 saturated heterocycles. The minimum absolute atomic E-state index is 0.127. The van der Waals surface area contributed by atoms with E-state index in [-0.39, 0.29) is 5.56 Å². The molecule has 0 aliphatic heterocycles. The zero-order chi connectivity index (χ0) is 19.0. The summed E-state index contributed by atoms with van der Waals surface area (Å²) in [5.41, 5.74) is 3.45. The number of hydrogen-bond acceptors (Lipinski definition) is 6. The summed E-state index contributed by atoms with van der Waals surface area (Å²) in [4.78, 5) is 22.3. The summed E-state index contributed by atoms with van der Waals surface area (Å²) in [5.74, 6) is 1.95. The van der Waals surface area contributed by atoms with Crippen molar-refractivity contribution in [2.45, 2.75) is 31.7 Å². The number of aryl methyl sites for hydroxylation is 3. The second-order valence-corrected chi connectivity index (χ2v) is 7.28. The molecule has 27 heavy (non-hydrogen) atoms. The van der Waals surface area contributed by atoms with Crippen molar-refractivity contribution in [2.24, 2.45) is 0 Å². The van der Waals surface area contributed by atoms with Crippen LogP contribution in [-0.4, -0.2) is 19.7 Å². The van der Waals surface area contributed by atoms with Gasteiger partial charge in [-0.15, -0.1) is 0 Å². The maximum absolute atomic E-state index is 13.2. The van der Waals surface area contributed by atoms with Gasteiger partial charge in [0, 0.05) is 17.5 Å². The number of rotatable bonds is 4. The van der Waals surface area contributed by atoms with Gasteiger partial charge in [-0.05, 0) is 44.5 Å². The minimum Gasteiger partial charge on any atom is -0.361 e. The SMILES string of the molecule is Cc1ccc(-n2c(SCc3c(C)noc3C)nc3ccccc3c2=O)nc1. The van der Waals surface area contributed by atoms with Gasteiger partial charge < -0.3 is 4.52 Å². The highest BCUT2D eigenvalue weighted by Gasteiger charge is 2.16. The molecule has 3 heterocycles. The normalized spacial score (nSPS) is 11.2. The lowest BCUT2D eigenvalue weighted by atomic mass is 10.2. The first-order chi connectivity index (χ1) is 13.0. The molecule has 0 aliphatic rings. The Hall–Kier alpha value is -2.93. The molecule has 0 aliphatic carbocycles. The number of nitrogens with zero attached hydrogens (tertiary/aromatic N) is 4. The fraction of sp³-hybridized carbons (Fsp3) is 0.200. The lowest BCUT2D eigenvalue weighted by Crippen LogP contribution is -2.22.